The number of carbonyl (C=O) groups is 2. The summed E-state index contributed by atoms with van der Waals surface area (Å²) in [6, 6.07) is -0.768. The standard InChI is InChI=1S/C11H21NO7S/c1-11(2,3)19-10(15)12-8(5-6-9(13)14)7-18-20(4,16)17/h8H,5-7H2,1-4H3,(H,12,15)(H,13,14)/t8-/m0/s1. The molecule has 0 radical (unpaired) electrons. The summed E-state index contributed by atoms with van der Waals surface area (Å²) in [4.78, 5) is 22.1. The number of alkyl carbamates (subject to hydrolysis) is 1. The van der Waals surface area contributed by atoms with Crippen molar-refractivity contribution in [1.29, 1.82) is 0 Å². The number of rotatable bonds is 7. The smallest absolute Gasteiger partial charge is 0.407 e. The Morgan fingerprint density at radius 2 is 1.85 bits per heavy atom. The lowest BCUT2D eigenvalue weighted by Crippen LogP contribution is -2.42. The summed E-state index contributed by atoms with van der Waals surface area (Å²) in [5.74, 6) is -1.06. The first kappa shape index (κ1) is 18.7. The molecule has 0 aromatic heterocycles. The van der Waals surface area contributed by atoms with E-state index in [-0.39, 0.29) is 19.4 Å². The Kier molecular flexibility index (Phi) is 6.94. The summed E-state index contributed by atoms with van der Waals surface area (Å²) in [6.07, 6.45) is -0.0862. The lowest BCUT2D eigenvalue weighted by atomic mass is 10.1. The maximum atomic E-state index is 11.6. The van der Waals surface area contributed by atoms with Gasteiger partial charge in [0.05, 0.1) is 18.9 Å². The Morgan fingerprint density at radius 1 is 1.30 bits per heavy atom. The molecule has 0 saturated carbocycles. The van der Waals surface area contributed by atoms with Gasteiger partial charge in [-0.25, -0.2) is 4.79 Å². The summed E-state index contributed by atoms with van der Waals surface area (Å²) < 4.78 is 31.4. The van der Waals surface area contributed by atoms with E-state index in [2.05, 4.69) is 9.50 Å². The van der Waals surface area contributed by atoms with E-state index in [0.717, 1.165) is 6.26 Å². The van der Waals surface area contributed by atoms with Crippen molar-refractivity contribution in [3.8, 4) is 0 Å². The van der Waals surface area contributed by atoms with Gasteiger partial charge in [-0.05, 0) is 27.2 Å². The molecule has 0 spiro atoms. The van der Waals surface area contributed by atoms with Gasteiger partial charge < -0.3 is 15.2 Å². The second kappa shape index (κ2) is 7.44. The first-order chi connectivity index (χ1) is 8.89. The molecule has 0 aliphatic rings. The maximum absolute atomic E-state index is 11.6. The van der Waals surface area contributed by atoms with Gasteiger partial charge in [-0.3, -0.25) is 8.98 Å². The van der Waals surface area contributed by atoms with Gasteiger partial charge in [0.1, 0.15) is 5.60 Å². The fourth-order valence-corrected chi connectivity index (χ4v) is 1.59. The topological polar surface area (TPSA) is 119 Å². The van der Waals surface area contributed by atoms with Crippen LogP contribution in [0.15, 0.2) is 0 Å². The van der Waals surface area contributed by atoms with Gasteiger partial charge in [0.15, 0.2) is 0 Å². The number of amides is 1. The van der Waals surface area contributed by atoms with E-state index in [1.54, 1.807) is 20.8 Å². The largest absolute Gasteiger partial charge is 0.481 e. The van der Waals surface area contributed by atoms with Crippen LogP contribution in [0, 0.1) is 0 Å². The molecule has 20 heavy (non-hydrogen) atoms. The number of carboxylic acids is 1. The highest BCUT2D eigenvalue weighted by molar-refractivity contribution is 7.85. The predicted molar refractivity (Wildman–Crippen MR) is 70.8 cm³/mol. The second-order valence-corrected chi connectivity index (χ2v) is 6.91. The van der Waals surface area contributed by atoms with Crippen LogP contribution in [0.2, 0.25) is 0 Å². The van der Waals surface area contributed by atoms with Gasteiger partial charge >= 0.3 is 12.1 Å². The number of aliphatic carboxylic acids is 1. The molecule has 0 saturated heterocycles. The van der Waals surface area contributed by atoms with Crippen LogP contribution in [-0.2, 0) is 23.8 Å². The summed E-state index contributed by atoms with van der Waals surface area (Å²) in [7, 11) is -3.67. The Morgan fingerprint density at radius 3 is 2.25 bits per heavy atom. The molecular weight excluding hydrogens is 290 g/mol. The van der Waals surface area contributed by atoms with Crippen molar-refractivity contribution in [3.63, 3.8) is 0 Å². The van der Waals surface area contributed by atoms with E-state index in [0.29, 0.717) is 0 Å². The van der Waals surface area contributed by atoms with Crippen LogP contribution in [-0.4, -0.2) is 50.1 Å². The Labute approximate surface area is 118 Å². The molecular formula is C11H21NO7S. The van der Waals surface area contributed by atoms with E-state index in [4.69, 9.17) is 9.84 Å². The molecule has 2 N–H and O–H groups in total. The Bertz CT molecular complexity index is 438. The fourth-order valence-electron chi connectivity index (χ4n) is 1.17. The Hall–Kier alpha value is -1.35. The van der Waals surface area contributed by atoms with Crippen molar-refractivity contribution in [2.75, 3.05) is 12.9 Å². The maximum Gasteiger partial charge on any atom is 0.407 e. The average molecular weight is 311 g/mol. The van der Waals surface area contributed by atoms with Gasteiger partial charge in [0.2, 0.25) is 0 Å². The third-order valence-electron chi connectivity index (χ3n) is 1.91. The minimum absolute atomic E-state index is 0.0318. The monoisotopic (exact) mass is 311 g/mol. The molecule has 0 aromatic carbocycles. The molecule has 0 aliphatic carbocycles. The third kappa shape index (κ3) is 11.7. The van der Waals surface area contributed by atoms with E-state index in [1.165, 1.54) is 0 Å². The SMILES string of the molecule is CC(C)(C)OC(=O)N[C@@H](CCC(=O)O)COS(C)(=O)=O. The number of ether oxygens (including phenoxy) is 1. The fraction of sp³-hybridized carbons (Fsp3) is 0.818. The summed E-state index contributed by atoms with van der Waals surface area (Å²) in [6.45, 7) is 4.68. The second-order valence-electron chi connectivity index (χ2n) is 5.26. The molecule has 0 unspecified atom stereocenters. The molecule has 9 heteroatoms. The number of nitrogens with one attached hydrogen (secondary N) is 1. The van der Waals surface area contributed by atoms with Crippen LogP contribution in [0.3, 0.4) is 0 Å². The highest BCUT2D eigenvalue weighted by Gasteiger charge is 2.21. The molecule has 0 heterocycles. The van der Waals surface area contributed by atoms with Crippen LogP contribution < -0.4 is 5.32 Å². The van der Waals surface area contributed by atoms with E-state index in [9.17, 15) is 18.0 Å². The first-order valence-corrected chi connectivity index (χ1v) is 7.76. The number of hydrogen-bond donors (Lipinski definition) is 2. The average Bonchev–Trinajstić information content (AvgIpc) is 2.17. The number of hydrogen-bond acceptors (Lipinski definition) is 6. The van der Waals surface area contributed by atoms with Crippen LogP contribution in [0.25, 0.3) is 0 Å². The molecule has 0 aromatic rings. The van der Waals surface area contributed by atoms with Crippen molar-refractivity contribution in [1.82, 2.24) is 5.32 Å². The van der Waals surface area contributed by atoms with Crippen LogP contribution in [0.5, 0.6) is 0 Å². The van der Waals surface area contributed by atoms with Crippen molar-refractivity contribution < 1.29 is 32.0 Å². The van der Waals surface area contributed by atoms with Crippen LogP contribution in [0.1, 0.15) is 33.6 Å². The molecule has 1 amide bonds. The van der Waals surface area contributed by atoms with Crippen molar-refractivity contribution >= 4 is 22.2 Å². The van der Waals surface area contributed by atoms with E-state index in [1.807, 2.05) is 0 Å². The first-order valence-electron chi connectivity index (χ1n) is 5.95. The normalized spacial score (nSPS) is 13.6. The van der Waals surface area contributed by atoms with E-state index < -0.39 is 33.8 Å². The molecule has 8 nitrogen and oxygen atoms in total. The predicted octanol–water partition coefficient (Wildman–Crippen LogP) is 0.721. The highest BCUT2D eigenvalue weighted by atomic mass is 32.2. The van der Waals surface area contributed by atoms with Gasteiger partial charge in [0.25, 0.3) is 10.1 Å². The molecule has 0 rings (SSSR count). The molecule has 0 fully saturated rings. The molecule has 1 atom stereocenters. The zero-order valence-electron chi connectivity index (χ0n) is 12.0. The molecule has 118 valence electrons. The molecule has 0 aliphatic heterocycles. The highest BCUT2D eigenvalue weighted by Crippen LogP contribution is 2.08. The van der Waals surface area contributed by atoms with Crippen molar-refractivity contribution in [2.45, 2.75) is 45.3 Å². The van der Waals surface area contributed by atoms with Gasteiger partial charge in [-0.1, -0.05) is 0 Å². The minimum atomic E-state index is -3.67. The zero-order valence-corrected chi connectivity index (χ0v) is 12.8. The van der Waals surface area contributed by atoms with Crippen molar-refractivity contribution in [2.24, 2.45) is 0 Å². The third-order valence-corrected chi connectivity index (χ3v) is 2.48. The molecule has 0 bridgehead atoms. The Balaban J connectivity index is 4.51. The van der Waals surface area contributed by atoms with Crippen LogP contribution >= 0.6 is 0 Å². The minimum Gasteiger partial charge on any atom is -0.481 e. The lowest BCUT2D eigenvalue weighted by Gasteiger charge is -2.23. The van der Waals surface area contributed by atoms with Crippen molar-refractivity contribution in [3.05, 3.63) is 0 Å². The summed E-state index contributed by atoms with van der Waals surface area (Å²) in [5, 5.41) is 11.0. The lowest BCUT2D eigenvalue weighted by molar-refractivity contribution is -0.137. The van der Waals surface area contributed by atoms with Gasteiger partial charge in [0, 0.05) is 6.42 Å². The van der Waals surface area contributed by atoms with E-state index >= 15 is 0 Å². The number of carbonyl (C=O) groups excluding carboxylic acids is 1. The zero-order chi connectivity index (χ0) is 16.0. The van der Waals surface area contributed by atoms with Crippen LogP contribution in [0.4, 0.5) is 4.79 Å². The number of carboxylic acid groups (broad SMARTS) is 1. The van der Waals surface area contributed by atoms with Gasteiger partial charge in [-0.15, -0.1) is 0 Å². The summed E-state index contributed by atoms with van der Waals surface area (Å²) in [5.41, 5.74) is -0.709. The van der Waals surface area contributed by atoms with Gasteiger partial charge in [-0.2, -0.15) is 8.42 Å². The summed E-state index contributed by atoms with van der Waals surface area (Å²) >= 11 is 0. The quantitative estimate of drug-likeness (QED) is 0.665.